The predicted molar refractivity (Wildman–Crippen MR) is 70.9 cm³/mol. The first-order valence-corrected chi connectivity index (χ1v) is 6.20. The van der Waals surface area contributed by atoms with Crippen molar-refractivity contribution in [1.82, 2.24) is 10.6 Å². The molecule has 1 amide bonds. The van der Waals surface area contributed by atoms with Crippen molar-refractivity contribution in [2.24, 2.45) is 0 Å². The minimum absolute atomic E-state index is 0.0486. The van der Waals surface area contributed by atoms with E-state index in [-0.39, 0.29) is 11.9 Å². The van der Waals surface area contributed by atoms with Gasteiger partial charge in [0.15, 0.2) is 0 Å². The van der Waals surface area contributed by atoms with Crippen LogP contribution in [0.4, 0.5) is 0 Å². The van der Waals surface area contributed by atoms with Crippen molar-refractivity contribution in [2.75, 3.05) is 13.1 Å². The van der Waals surface area contributed by atoms with Gasteiger partial charge in [0.25, 0.3) is 0 Å². The zero-order chi connectivity index (χ0) is 12.7. The van der Waals surface area contributed by atoms with E-state index in [4.69, 9.17) is 0 Å². The molecule has 3 heteroatoms. The summed E-state index contributed by atoms with van der Waals surface area (Å²) in [5.41, 5.74) is 2.36. The Morgan fingerprint density at radius 1 is 1.41 bits per heavy atom. The fourth-order valence-corrected chi connectivity index (χ4v) is 1.69. The number of nitrogens with one attached hydrogen (secondary N) is 2. The van der Waals surface area contributed by atoms with Gasteiger partial charge in [0.2, 0.25) is 5.91 Å². The van der Waals surface area contributed by atoms with E-state index in [0.29, 0.717) is 6.54 Å². The van der Waals surface area contributed by atoms with Crippen LogP contribution in [0, 0.1) is 6.92 Å². The second-order valence-electron chi connectivity index (χ2n) is 4.38. The van der Waals surface area contributed by atoms with Gasteiger partial charge in [-0.2, -0.15) is 0 Å². The van der Waals surface area contributed by atoms with E-state index in [2.05, 4.69) is 36.6 Å². The number of rotatable bonds is 6. The van der Waals surface area contributed by atoms with Gasteiger partial charge in [0.05, 0.1) is 12.6 Å². The Kier molecular flexibility index (Phi) is 5.70. The standard InChI is InChI=1S/C14H22N2O/c1-4-8-15-10-14(17)16-12(3)13-7-5-6-11(2)9-13/h5-7,9,12,15H,4,8,10H2,1-3H3,(H,16,17)/t12-/m1/s1. The average molecular weight is 234 g/mol. The van der Waals surface area contributed by atoms with Crippen molar-refractivity contribution >= 4 is 5.91 Å². The number of benzene rings is 1. The van der Waals surface area contributed by atoms with Crippen LogP contribution in [0.2, 0.25) is 0 Å². The summed E-state index contributed by atoms with van der Waals surface area (Å²) in [6, 6.07) is 8.27. The molecule has 1 aromatic rings. The first-order valence-electron chi connectivity index (χ1n) is 6.20. The smallest absolute Gasteiger partial charge is 0.234 e. The molecule has 0 aliphatic rings. The summed E-state index contributed by atoms with van der Waals surface area (Å²) in [5, 5.41) is 6.07. The molecular formula is C14H22N2O. The van der Waals surface area contributed by atoms with Crippen LogP contribution in [-0.4, -0.2) is 19.0 Å². The maximum absolute atomic E-state index is 11.6. The quantitative estimate of drug-likeness (QED) is 0.741. The van der Waals surface area contributed by atoms with Crippen molar-refractivity contribution in [1.29, 1.82) is 0 Å². The summed E-state index contributed by atoms with van der Waals surface area (Å²) in [7, 11) is 0. The van der Waals surface area contributed by atoms with Crippen LogP contribution in [0.3, 0.4) is 0 Å². The first-order chi connectivity index (χ1) is 8.13. The van der Waals surface area contributed by atoms with Crippen LogP contribution in [0.1, 0.15) is 37.4 Å². The monoisotopic (exact) mass is 234 g/mol. The van der Waals surface area contributed by atoms with E-state index in [1.807, 2.05) is 19.1 Å². The Labute approximate surface area is 104 Å². The minimum Gasteiger partial charge on any atom is -0.348 e. The first kappa shape index (κ1) is 13.7. The lowest BCUT2D eigenvalue weighted by atomic mass is 10.1. The Hall–Kier alpha value is -1.35. The number of hydrogen-bond acceptors (Lipinski definition) is 2. The van der Waals surface area contributed by atoms with Gasteiger partial charge in [-0.25, -0.2) is 0 Å². The fraction of sp³-hybridized carbons (Fsp3) is 0.500. The summed E-state index contributed by atoms with van der Waals surface area (Å²) in [6.45, 7) is 7.42. The second-order valence-corrected chi connectivity index (χ2v) is 4.38. The Morgan fingerprint density at radius 3 is 2.82 bits per heavy atom. The van der Waals surface area contributed by atoms with Crippen LogP contribution in [-0.2, 0) is 4.79 Å². The molecule has 0 radical (unpaired) electrons. The topological polar surface area (TPSA) is 41.1 Å². The molecule has 2 N–H and O–H groups in total. The molecule has 0 spiro atoms. The van der Waals surface area contributed by atoms with Crippen molar-refractivity contribution in [3.05, 3.63) is 35.4 Å². The highest BCUT2D eigenvalue weighted by Gasteiger charge is 2.08. The molecule has 3 nitrogen and oxygen atoms in total. The van der Waals surface area contributed by atoms with Gasteiger partial charge in [0, 0.05) is 0 Å². The van der Waals surface area contributed by atoms with Gasteiger partial charge in [-0.05, 0) is 32.4 Å². The molecule has 0 unspecified atom stereocenters. The van der Waals surface area contributed by atoms with E-state index >= 15 is 0 Å². The molecule has 1 rings (SSSR count). The molecule has 17 heavy (non-hydrogen) atoms. The molecule has 0 bridgehead atoms. The minimum atomic E-state index is 0.0486. The molecule has 0 aliphatic carbocycles. The van der Waals surface area contributed by atoms with Crippen molar-refractivity contribution in [3.8, 4) is 0 Å². The maximum Gasteiger partial charge on any atom is 0.234 e. The molecule has 0 aromatic heterocycles. The van der Waals surface area contributed by atoms with Crippen LogP contribution in [0.5, 0.6) is 0 Å². The van der Waals surface area contributed by atoms with E-state index in [9.17, 15) is 4.79 Å². The molecule has 1 atom stereocenters. The molecule has 0 saturated carbocycles. The number of amides is 1. The molecule has 0 saturated heterocycles. The van der Waals surface area contributed by atoms with E-state index < -0.39 is 0 Å². The summed E-state index contributed by atoms with van der Waals surface area (Å²) in [5.74, 6) is 0.0486. The van der Waals surface area contributed by atoms with Crippen molar-refractivity contribution in [3.63, 3.8) is 0 Å². The van der Waals surface area contributed by atoms with Gasteiger partial charge in [0.1, 0.15) is 0 Å². The Bertz CT molecular complexity index is 363. The van der Waals surface area contributed by atoms with Crippen LogP contribution < -0.4 is 10.6 Å². The van der Waals surface area contributed by atoms with Gasteiger partial charge in [-0.3, -0.25) is 4.79 Å². The summed E-state index contributed by atoms with van der Waals surface area (Å²) >= 11 is 0. The second kappa shape index (κ2) is 7.07. The highest BCUT2D eigenvalue weighted by molar-refractivity contribution is 5.78. The van der Waals surface area contributed by atoms with Crippen LogP contribution >= 0.6 is 0 Å². The molecule has 94 valence electrons. The lowest BCUT2D eigenvalue weighted by Crippen LogP contribution is -2.35. The summed E-state index contributed by atoms with van der Waals surface area (Å²) in [6.07, 6.45) is 1.04. The lowest BCUT2D eigenvalue weighted by molar-refractivity contribution is -0.120. The predicted octanol–water partition coefficient (Wildman–Crippen LogP) is 2.17. The normalized spacial score (nSPS) is 12.2. The largest absolute Gasteiger partial charge is 0.348 e. The SMILES string of the molecule is CCCNCC(=O)N[C@H](C)c1cccc(C)c1. The van der Waals surface area contributed by atoms with Crippen LogP contribution in [0.15, 0.2) is 24.3 Å². The summed E-state index contributed by atoms with van der Waals surface area (Å²) < 4.78 is 0. The van der Waals surface area contributed by atoms with Gasteiger partial charge in [-0.15, -0.1) is 0 Å². The summed E-state index contributed by atoms with van der Waals surface area (Å²) in [4.78, 5) is 11.6. The Morgan fingerprint density at radius 2 is 2.18 bits per heavy atom. The molecule has 1 aromatic carbocycles. The van der Waals surface area contributed by atoms with Crippen molar-refractivity contribution < 1.29 is 4.79 Å². The van der Waals surface area contributed by atoms with Gasteiger partial charge in [-0.1, -0.05) is 36.8 Å². The lowest BCUT2D eigenvalue weighted by Gasteiger charge is -2.15. The number of carbonyl (C=O) groups excluding carboxylic acids is 1. The van der Waals surface area contributed by atoms with E-state index in [1.54, 1.807) is 0 Å². The third-order valence-corrected chi connectivity index (χ3v) is 2.63. The highest BCUT2D eigenvalue weighted by Crippen LogP contribution is 2.13. The molecule has 0 fully saturated rings. The van der Waals surface area contributed by atoms with Gasteiger partial charge >= 0.3 is 0 Å². The Balaban J connectivity index is 2.43. The zero-order valence-corrected chi connectivity index (χ0v) is 10.9. The molecule has 0 aliphatic heterocycles. The fourth-order valence-electron chi connectivity index (χ4n) is 1.69. The third-order valence-electron chi connectivity index (χ3n) is 2.63. The zero-order valence-electron chi connectivity index (χ0n) is 10.9. The molecular weight excluding hydrogens is 212 g/mol. The third kappa shape index (κ3) is 5.00. The average Bonchev–Trinajstić information content (AvgIpc) is 2.29. The van der Waals surface area contributed by atoms with Gasteiger partial charge < -0.3 is 10.6 Å². The number of carbonyl (C=O) groups is 1. The van der Waals surface area contributed by atoms with Crippen LogP contribution in [0.25, 0.3) is 0 Å². The number of hydrogen-bond donors (Lipinski definition) is 2. The van der Waals surface area contributed by atoms with E-state index in [1.165, 1.54) is 5.56 Å². The number of aryl methyl sites for hydroxylation is 1. The van der Waals surface area contributed by atoms with Crippen molar-refractivity contribution in [2.45, 2.75) is 33.2 Å². The van der Waals surface area contributed by atoms with E-state index in [0.717, 1.165) is 18.5 Å². The molecule has 0 heterocycles. The highest BCUT2D eigenvalue weighted by atomic mass is 16.1. The maximum atomic E-state index is 11.6.